The first kappa shape index (κ1) is 13.0. The maximum atomic E-state index is 12.0. The lowest BCUT2D eigenvalue weighted by Gasteiger charge is -2.06. The fourth-order valence-corrected chi connectivity index (χ4v) is 1.97. The third kappa shape index (κ3) is 2.79. The van der Waals surface area contributed by atoms with E-state index in [-0.39, 0.29) is 5.91 Å². The number of carbonyl (C=O) groups excluding carboxylic acids is 1. The van der Waals surface area contributed by atoms with Crippen molar-refractivity contribution in [1.29, 1.82) is 0 Å². The molecular formula is C15H13N5O. The Balaban J connectivity index is 1.76. The average Bonchev–Trinajstić information content (AvgIpc) is 2.95. The van der Waals surface area contributed by atoms with E-state index < -0.39 is 0 Å². The Morgan fingerprint density at radius 3 is 2.38 bits per heavy atom. The van der Waals surface area contributed by atoms with Gasteiger partial charge >= 0.3 is 0 Å². The van der Waals surface area contributed by atoms with Gasteiger partial charge in [0.05, 0.1) is 0 Å². The number of rotatable bonds is 3. The van der Waals surface area contributed by atoms with Gasteiger partial charge in [0.1, 0.15) is 0 Å². The van der Waals surface area contributed by atoms with Crippen LogP contribution in [0.25, 0.3) is 11.4 Å². The fourth-order valence-electron chi connectivity index (χ4n) is 1.97. The Bertz CT molecular complexity index is 749. The Morgan fingerprint density at radius 2 is 1.76 bits per heavy atom. The summed E-state index contributed by atoms with van der Waals surface area (Å²) in [7, 11) is 1.78. The molecule has 0 aliphatic heterocycles. The summed E-state index contributed by atoms with van der Waals surface area (Å²) in [5, 5.41) is 14.2. The predicted octanol–water partition coefficient (Wildman–Crippen LogP) is 2.13. The number of nitrogens with one attached hydrogen (secondary N) is 1. The lowest BCUT2D eigenvalue weighted by atomic mass is 10.1. The number of carbonyl (C=O) groups is 1. The second-order valence-corrected chi connectivity index (χ2v) is 4.52. The highest BCUT2D eigenvalue weighted by atomic mass is 16.1. The van der Waals surface area contributed by atoms with Gasteiger partial charge in [-0.3, -0.25) is 4.79 Å². The van der Waals surface area contributed by atoms with Crippen molar-refractivity contribution in [3.8, 4) is 11.4 Å². The lowest BCUT2D eigenvalue weighted by Crippen LogP contribution is -2.11. The second kappa shape index (κ2) is 5.54. The zero-order chi connectivity index (χ0) is 14.7. The molecule has 0 atom stereocenters. The molecule has 0 aliphatic rings. The van der Waals surface area contributed by atoms with Crippen LogP contribution < -0.4 is 5.32 Å². The van der Waals surface area contributed by atoms with E-state index in [1.807, 2.05) is 42.5 Å². The molecule has 104 valence electrons. The minimum Gasteiger partial charge on any atom is -0.322 e. The number of aromatic nitrogens is 4. The van der Waals surface area contributed by atoms with E-state index in [9.17, 15) is 4.79 Å². The van der Waals surface area contributed by atoms with Crippen molar-refractivity contribution in [1.82, 2.24) is 20.2 Å². The molecule has 21 heavy (non-hydrogen) atoms. The van der Waals surface area contributed by atoms with Gasteiger partial charge in [-0.2, -0.15) is 0 Å². The fraction of sp³-hybridized carbons (Fsp3) is 0.0667. The largest absolute Gasteiger partial charge is 0.322 e. The summed E-state index contributed by atoms with van der Waals surface area (Å²) in [6.07, 6.45) is 0. The van der Waals surface area contributed by atoms with Crippen LogP contribution in [0.4, 0.5) is 5.69 Å². The van der Waals surface area contributed by atoms with E-state index in [4.69, 9.17) is 0 Å². The number of tetrazole rings is 1. The van der Waals surface area contributed by atoms with E-state index in [2.05, 4.69) is 20.8 Å². The molecule has 6 heteroatoms. The number of nitrogens with zero attached hydrogens (tertiary/aromatic N) is 4. The summed E-state index contributed by atoms with van der Waals surface area (Å²) in [5.41, 5.74) is 2.24. The first-order valence-corrected chi connectivity index (χ1v) is 6.43. The number of aryl methyl sites for hydroxylation is 1. The maximum absolute atomic E-state index is 12.0. The van der Waals surface area contributed by atoms with Crippen molar-refractivity contribution in [3.63, 3.8) is 0 Å². The summed E-state index contributed by atoms with van der Waals surface area (Å²) < 4.78 is 1.59. The Labute approximate surface area is 121 Å². The van der Waals surface area contributed by atoms with Crippen LogP contribution in [0.3, 0.4) is 0 Å². The van der Waals surface area contributed by atoms with Crippen LogP contribution in [0.5, 0.6) is 0 Å². The van der Waals surface area contributed by atoms with Crippen molar-refractivity contribution >= 4 is 11.6 Å². The third-order valence-corrected chi connectivity index (χ3v) is 3.06. The van der Waals surface area contributed by atoms with Crippen LogP contribution in [0.15, 0.2) is 54.6 Å². The molecule has 0 unspecified atom stereocenters. The molecular weight excluding hydrogens is 266 g/mol. The van der Waals surface area contributed by atoms with E-state index in [1.54, 1.807) is 23.9 Å². The van der Waals surface area contributed by atoms with Gasteiger partial charge in [-0.15, -0.1) is 5.10 Å². The zero-order valence-electron chi connectivity index (χ0n) is 11.4. The van der Waals surface area contributed by atoms with Gasteiger partial charge in [0.25, 0.3) is 5.91 Å². The Morgan fingerprint density at radius 1 is 1.05 bits per heavy atom. The van der Waals surface area contributed by atoms with E-state index >= 15 is 0 Å². The van der Waals surface area contributed by atoms with Crippen LogP contribution in [0.2, 0.25) is 0 Å². The first-order valence-electron chi connectivity index (χ1n) is 6.43. The summed E-state index contributed by atoms with van der Waals surface area (Å²) in [6, 6.07) is 16.5. The molecule has 3 aromatic rings. The van der Waals surface area contributed by atoms with Crippen LogP contribution in [0.1, 0.15) is 10.4 Å². The Hall–Kier alpha value is -3.02. The van der Waals surface area contributed by atoms with E-state index in [0.717, 1.165) is 11.3 Å². The van der Waals surface area contributed by atoms with Gasteiger partial charge in [-0.05, 0) is 46.8 Å². The first-order chi connectivity index (χ1) is 10.2. The molecule has 1 heterocycles. The highest BCUT2D eigenvalue weighted by molar-refractivity contribution is 6.04. The Kier molecular flexibility index (Phi) is 3.42. The van der Waals surface area contributed by atoms with E-state index in [0.29, 0.717) is 11.4 Å². The van der Waals surface area contributed by atoms with Crippen molar-refractivity contribution in [2.24, 2.45) is 7.05 Å². The summed E-state index contributed by atoms with van der Waals surface area (Å²) in [5.74, 6) is 0.541. The molecule has 0 saturated heterocycles. The number of amides is 1. The average molecular weight is 279 g/mol. The number of hydrogen-bond donors (Lipinski definition) is 1. The van der Waals surface area contributed by atoms with Gasteiger partial charge in [-0.1, -0.05) is 18.2 Å². The molecule has 0 fully saturated rings. The molecule has 0 radical (unpaired) electrons. The highest BCUT2D eigenvalue weighted by Gasteiger charge is 2.07. The van der Waals surface area contributed by atoms with Gasteiger partial charge in [0, 0.05) is 23.9 Å². The molecule has 0 saturated carbocycles. The molecule has 2 aromatic carbocycles. The molecule has 1 amide bonds. The summed E-state index contributed by atoms with van der Waals surface area (Å²) in [4.78, 5) is 12.0. The van der Waals surface area contributed by atoms with Crippen LogP contribution in [-0.4, -0.2) is 26.1 Å². The number of benzene rings is 2. The van der Waals surface area contributed by atoms with Crippen LogP contribution in [-0.2, 0) is 7.05 Å². The molecule has 6 nitrogen and oxygen atoms in total. The van der Waals surface area contributed by atoms with Gasteiger partial charge in [-0.25, -0.2) is 4.68 Å². The predicted molar refractivity (Wildman–Crippen MR) is 78.6 cm³/mol. The van der Waals surface area contributed by atoms with Gasteiger partial charge in [0.2, 0.25) is 0 Å². The zero-order valence-corrected chi connectivity index (χ0v) is 11.4. The number of anilines is 1. The SMILES string of the molecule is Cn1nnnc1-c1ccc(NC(=O)c2ccccc2)cc1. The van der Waals surface area contributed by atoms with Crippen molar-refractivity contribution in [2.45, 2.75) is 0 Å². The van der Waals surface area contributed by atoms with Crippen LogP contribution >= 0.6 is 0 Å². The van der Waals surface area contributed by atoms with Crippen molar-refractivity contribution in [3.05, 3.63) is 60.2 Å². The molecule has 0 bridgehead atoms. The van der Waals surface area contributed by atoms with E-state index in [1.165, 1.54) is 0 Å². The normalized spacial score (nSPS) is 10.3. The van der Waals surface area contributed by atoms with Gasteiger partial charge < -0.3 is 5.32 Å². The summed E-state index contributed by atoms with van der Waals surface area (Å²) >= 11 is 0. The smallest absolute Gasteiger partial charge is 0.255 e. The number of hydrogen-bond acceptors (Lipinski definition) is 4. The summed E-state index contributed by atoms with van der Waals surface area (Å²) in [6.45, 7) is 0. The highest BCUT2D eigenvalue weighted by Crippen LogP contribution is 2.18. The molecule has 1 N–H and O–H groups in total. The minimum absolute atomic E-state index is 0.135. The second-order valence-electron chi connectivity index (χ2n) is 4.52. The molecule has 0 aliphatic carbocycles. The monoisotopic (exact) mass is 279 g/mol. The lowest BCUT2D eigenvalue weighted by molar-refractivity contribution is 0.102. The quantitative estimate of drug-likeness (QED) is 0.797. The standard InChI is InChI=1S/C15H13N5O/c1-20-14(17-18-19-20)11-7-9-13(10-8-11)16-15(21)12-5-3-2-4-6-12/h2-10H,1H3,(H,16,21). The van der Waals surface area contributed by atoms with Crippen molar-refractivity contribution < 1.29 is 4.79 Å². The molecule has 1 aromatic heterocycles. The maximum Gasteiger partial charge on any atom is 0.255 e. The molecule has 0 spiro atoms. The van der Waals surface area contributed by atoms with Crippen LogP contribution in [0, 0.1) is 0 Å². The molecule has 3 rings (SSSR count). The minimum atomic E-state index is -0.135. The topological polar surface area (TPSA) is 72.7 Å². The van der Waals surface area contributed by atoms with Crippen molar-refractivity contribution in [2.75, 3.05) is 5.32 Å². The third-order valence-electron chi connectivity index (χ3n) is 3.06. The van der Waals surface area contributed by atoms with Gasteiger partial charge in [0.15, 0.2) is 5.82 Å².